The molecule has 0 aliphatic carbocycles. The molecule has 0 aromatic carbocycles. The summed E-state index contributed by atoms with van der Waals surface area (Å²) in [7, 11) is 0. The molecule has 0 atom stereocenters. The Kier molecular flexibility index (Phi) is 50.5. The SMILES string of the molecule is CCCCCCCCCCN(CCCCCCCCCC)C(=O)CCCCCCCN(CCCCCO)CCCCCCCCCOC(=O)OC(CCCCCC)CCCCCC. The van der Waals surface area contributed by atoms with Gasteiger partial charge in [-0.25, -0.2) is 4.79 Å². The second kappa shape index (κ2) is 51.6. The number of carbonyl (C=O) groups excluding carboxylic acids is 2. The predicted molar refractivity (Wildman–Crippen MR) is 273 cm³/mol. The highest BCUT2D eigenvalue weighted by Crippen LogP contribution is 2.18. The monoisotopic (exact) mass is 893 g/mol. The van der Waals surface area contributed by atoms with Crippen molar-refractivity contribution in [1.82, 2.24) is 9.80 Å². The lowest BCUT2D eigenvalue weighted by molar-refractivity contribution is -0.131. The summed E-state index contributed by atoms with van der Waals surface area (Å²) in [5.74, 6) is 0.408. The number of aliphatic hydroxyl groups excluding tert-OH is 1. The Morgan fingerprint density at radius 1 is 0.397 bits per heavy atom. The predicted octanol–water partition coefficient (Wildman–Crippen LogP) is 17.1. The van der Waals surface area contributed by atoms with Gasteiger partial charge in [-0.05, 0) is 103 Å². The second-order valence-corrected chi connectivity index (χ2v) is 19.5. The third-order valence-corrected chi connectivity index (χ3v) is 13.3. The van der Waals surface area contributed by atoms with E-state index in [1.54, 1.807) is 0 Å². The van der Waals surface area contributed by atoms with Crippen molar-refractivity contribution in [2.24, 2.45) is 0 Å². The molecule has 376 valence electrons. The molecule has 0 aromatic heterocycles. The summed E-state index contributed by atoms with van der Waals surface area (Å²) in [6.07, 6.45) is 50.3. The van der Waals surface area contributed by atoms with Crippen molar-refractivity contribution >= 4 is 12.1 Å². The van der Waals surface area contributed by atoms with Crippen LogP contribution in [-0.2, 0) is 14.3 Å². The van der Waals surface area contributed by atoms with E-state index in [9.17, 15) is 14.7 Å². The molecule has 0 spiro atoms. The van der Waals surface area contributed by atoms with E-state index < -0.39 is 6.16 Å². The Morgan fingerprint density at radius 3 is 1.14 bits per heavy atom. The largest absolute Gasteiger partial charge is 0.508 e. The van der Waals surface area contributed by atoms with Gasteiger partial charge in [-0.1, -0.05) is 207 Å². The Bertz CT molecular complexity index is 886. The van der Waals surface area contributed by atoms with Crippen LogP contribution in [0.25, 0.3) is 0 Å². The molecule has 1 N–H and O–H groups in total. The van der Waals surface area contributed by atoms with Crippen LogP contribution >= 0.6 is 0 Å². The molecule has 7 heteroatoms. The standard InChI is InChI=1S/C56H112N2O5/c1-5-9-13-17-19-23-30-40-50-58(51-41-31-24-20-18-14-10-6-2)55(60)46-36-27-26-29-38-48-57(49-39-33-42-52-59)47-37-28-22-21-25-32-43-53-62-56(61)63-54(44-34-15-11-7-3)45-35-16-12-8-4/h54,59H,5-53H2,1-4H3. The van der Waals surface area contributed by atoms with E-state index in [2.05, 4.69) is 37.5 Å². The third kappa shape index (κ3) is 45.6. The maximum absolute atomic E-state index is 13.4. The van der Waals surface area contributed by atoms with Gasteiger partial charge in [0.15, 0.2) is 0 Å². The summed E-state index contributed by atoms with van der Waals surface area (Å²) in [5.41, 5.74) is 0. The van der Waals surface area contributed by atoms with Gasteiger partial charge < -0.3 is 24.4 Å². The van der Waals surface area contributed by atoms with E-state index in [4.69, 9.17) is 9.47 Å². The lowest BCUT2D eigenvalue weighted by Gasteiger charge is -2.23. The topological polar surface area (TPSA) is 79.3 Å². The van der Waals surface area contributed by atoms with Crippen LogP contribution in [0.1, 0.15) is 297 Å². The first-order chi connectivity index (χ1) is 31.0. The zero-order valence-corrected chi connectivity index (χ0v) is 43.2. The molecule has 0 saturated carbocycles. The molecule has 0 fully saturated rings. The summed E-state index contributed by atoms with van der Waals surface area (Å²) in [6.45, 7) is 15.2. The minimum Gasteiger partial charge on any atom is -0.434 e. The maximum atomic E-state index is 13.4. The number of carbonyl (C=O) groups is 2. The minimum atomic E-state index is -0.464. The number of amides is 1. The Labute approximate surface area is 394 Å². The Balaban J connectivity index is 4.36. The average molecular weight is 894 g/mol. The quantitative estimate of drug-likeness (QED) is 0.0484. The van der Waals surface area contributed by atoms with E-state index in [1.165, 1.54) is 219 Å². The normalized spacial score (nSPS) is 11.6. The molecule has 0 saturated heterocycles. The number of rotatable bonds is 52. The van der Waals surface area contributed by atoms with Crippen LogP contribution in [0.15, 0.2) is 0 Å². The smallest absolute Gasteiger partial charge is 0.434 e. The van der Waals surface area contributed by atoms with Crippen molar-refractivity contribution in [3.8, 4) is 0 Å². The average Bonchev–Trinajstić information content (AvgIpc) is 3.28. The molecule has 63 heavy (non-hydrogen) atoms. The summed E-state index contributed by atoms with van der Waals surface area (Å²) in [4.78, 5) is 30.7. The zero-order valence-electron chi connectivity index (χ0n) is 43.2. The lowest BCUT2D eigenvalue weighted by Crippen LogP contribution is -2.32. The fraction of sp³-hybridized carbons (Fsp3) is 0.964. The minimum absolute atomic E-state index is 0.00993. The Hall–Kier alpha value is -1.34. The van der Waals surface area contributed by atoms with Crippen LogP contribution in [0.3, 0.4) is 0 Å². The molecule has 1 amide bonds. The van der Waals surface area contributed by atoms with Gasteiger partial charge in [0.25, 0.3) is 0 Å². The third-order valence-electron chi connectivity index (χ3n) is 13.3. The van der Waals surface area contributed by atoms with Gasteiger partial charge in [-0.3, -0.25) is 4.79 Å². The second-order valence-electron chi connectivity index (χ2n) is 19.5. The van der Waals surface area contributed by atoms with E-state index in [0.717, 1.165) is 83.8 Å². The first-order valence-corrected chi connectivity index (χ1v) is 28.5. The molecule has 7 nitrogen and oxygen atoms in total. The number of hydrogen-bond acceptors (Lipinski definition) is 6. The van der Waals surface area contributed by atoms with Gasteiger partial charge >= 0.3 is 6.16 Å². The fourth-order valence-electron chi connectivity index (χ4n) is 9.00. The first kappa shape index (κ1) is 61.7. The van der Waals surface area contributed by atoms with Crippen molar-refractivity contribution in [2.75, 3.05) is 45.9 Å². The van der Waals surface area contributed by atoms with Gasteiger partial charge in [0.05, 0.1) is 6.61 Å². The van der Waals surface area contributed by atoms with Crippen molar-refractivity contribution in [3.05, 3.63) is 0 Å². The van der Waals surface area contributed by atoms with Crippen molar-refractivity contribution in [2.45, 2.75) is 303 Å². The van der Waals surface area contributed by atoms with Gasteiger partial charge in [0.2, 0.25) is 5.91 Å². The maximum Gasteiger partial charge on any atom is 0.508 e. The zero-order chi connectivity index (χ0) is 45.9. The number of ether oxygens (including phenoxy) is 2. The molecule has 0 bridgehead atoms. The van der Waals surface area contributed by atoms with E-state index in [-0.39, 0.29) is 6.10 Å². The van der Waals surface area contributed by atoms with Gasteiger partial charge in [-0.2, -0.15) is 0 Å². The number of hydrogen-bond donors (Lipinski definition) is 1. The molecule has 0 radical (unpaired) electrons. The molecule has 0 aliphatic rings. The fourth-order valence-corrected chi connectivity index (χ4v) is 9.00. The molecular weight excluding hydrogens is 781 g/mol. The van der Waals surface area contributed by atoms with Crippen LogP contribution in [0.5, 0.6) is 0 Å². The molecule has 0 aliphatic heterocycles. The van der Waals surface area contributed by atoms with Crippen LogP contribution in [0.4, 0.5) is 4.79 Å². The van der Waals surface area contributed by atoms with E-state index in [1.807, 2.05) is 0 Å². The van der Waals surface area contributed by atoms with E-state index in [0.29, 0.717) is 19.1 Å². The number of aliphatic hydroxyl groups is 1. The molecule has 0 aromatic rings. The summed E-state index contributed by atoms with van der Waals surface area (Å²) in [5, 5.41) is 9.28. The summed E-state index contributed by atoms with van der Waals surface area (Å²) < 4.78 is 11.2. The van der Waals surface area contributed by atoms with E-state index >= 15 is 0 Å². The molecular formula is C56H112N2O5. The Morgan fingerprint density at radius 2 is 0.730 bits per heavy atom. The van der Waals surface area contributed by atoms with Gasteiger partial charge in [0.1, 0.15) is 6.10 Å². The number of unbranched alkanes of at least 4 members (excludes halogenated alkanes) is 32. The van der Waals surface area contributed by atoms with Crippen LogP contribution < -0.4 is 0 Å². The highest BCUT2D eigenvalue weighted by Gasteiger charge is 2.16. The lowest BCUT2D eigenvalue weighted by atomic mass is 10.0. The first-order valence-electron chi connectivity index (χ1n) is 28.5. The van der Waals surface area contributed by atoms with Crippen LogP contribution in [0.2, 0.25) is 0 Å². The van der Waals surface area contributed by atoms with Crippen molar-refractivity contribution in [3.63, 3.8) is 0 Å². The molecule has 0 rings (SSSR count). The summed E-state index contributed by atoms with van der Waals surface area (Å²) >= 11 is 0. The highest BCUT2D eigenvalue weighted by molar-refractivity contribution is 5.76. The van der Waals surface area contributed by atoms with Crippen LogP contribution in [0, 0.1) is 0 Å². The summed E-state index contributed by atoms with van der Waals surface area (Å²) in [6, 6.07) is 0. The van der Waals surface area contributed by atoms with Crippen molar-refractivity contribution in [1.29, 1.82) is 0 Å². The van der Waals surface area contributed by atoms with Crippen molar-refractivity contribution < 1.29 is 24.2 Å². The van der Waals surface area contributed by atoms with Gasteiger partial charge in [-0.15, -0.1) is 0 Å². The molecule has 0 unspecified atom stereocenters. The van der Waals surface area contributed by atoms with Gasteiger partial charge in [0, 0.05) is 26.1 Å². The molecule has 0 heterocycles. The van der Waals surface area contributed by atoms with Crippen LogP contribution in [-0.4, -0.2) is 79.0 Å². The highest BCUT2D eigenvalue weighted by atomic mass is 16.7. The number of nitrogens with zero attached hydrogens (tertiary/aromatic N) is 2.